The largest absolute Gasteiger partial charge is 1.00 e. The number of thioether (sulfide) groups is 1. The molecular weight excluding hydrogens is 233 g/mol. The van der Waals surface area contributed by atoms with Crippen LogP contribution in [0.5, 0.6) is 0 Å². The molecule has 0 bridgehead atoms. The Morgan fingerprint density at radius 1 is 1.29 bits per heavy atom. The van der Waals surface area contributed by atoms with Crippen molar-refractivity contribution in [3.8, 4) is 0 Å². The first-order valence-corrected chi connectivity index (χ1v) is 7.00. The Balaban J connectivity index is 0. The topological polar surface area (TPSA) is 66.4 Å². The summed E-state index contributed by atoms with van der Waals surface area (Å²) >= 11 is 1.91. The van der Waals surface area contributed by atoms with Crippen molar-refractivity contribution in [2.24, 2.45) is 0 Å². The molecule has 0 radical (unpaired) electrons. The van der Waals surface area contributed by atoms with E-state index in [9.17, 15) is 8.42 Å². The zero-order chi connectivity index (χ0) is 9.73. The summed E-state index contributed by atoms with van der Waals surface area (Å²) in [5.41, 5.74) is 0. The van der Waals surface area contributed by atoms with E-state index < -0.39 is 10.3 Å². The van der Waals surface area contributed by atoms with Gasteiger partial charge in [-0.2, -0.15) is 24.9 Å². The molecule has 0 aliphatic carbocycles. The summed E-state index contributed by atoms with van der Waals surface area (Å²) in [4.78, 5) is 0. The fourth-order valence-corrected chi connectivity index (χ4v) is 3.04. The average Bonchev–Trinajstić information content (AvgIpc) is 1.92. The van der Waals surface area contributed by atoms with E-state index >= 15 is 0 Å². The van der Waals surface area contributed by atoms with Crippen LogP contribution in [-0.4, -0.2) is 30.5 Å². The molecule has 1 heterocycles. The van der Waals surface area contributed by atoms with E-state index in [1.54, 1.807) is 0 Å². The first-order valence-electron chi connectivity index (χ1n) is 4.40. The minimum atomic E-state index is -4.01. The van der Waals surface area contributed by atoms with E-state index in [0.717, 1.165) is 37.2 Å². The summed E-state index contributed by atoms with van der Waals surface area (Å²) in [6, 6.07) is -0.0732. The van der Waals surface area contributed by atoms with Gasteiger partial charge in [-0.05, 0) is 37.2 Å². The predicted octanol–water partition coefficient (Wildman–Crippen LogP) is -1.83. The van der Waals surface area contributed by atoms with Gasteiger partial charge in [0.15, 0.2) is 0 Å². The Bertz CT molecular complexity index is 243. The zero-order valence-electron chi connectivity index (χ0n) is 9.40. The summed E-state index contributed by atoms with van der Waals surface area (Å²) in [6.45, 7) is 0. The number of nitrogens with one attached hydrogen (secondary N) is 1. The molecule has 14 heavy (non-hydrogen) atoms. The number of hydrogen-bond acceptors (Lipinski definition) is 3. The molecule has 0 spiro atoms. The van der Waals surface area contributed by atoms with Crippen molar-refractivity contribution in [3.63, 3.8) is 0 Å². The third kappa shape index (κ3) is 7.50. The summed E-state index contributed by atoms with van der Waals surface area (Å²) in [7, 11) is -4.01. The van der Waals surface area contributed by atoms with Gasteiger partial charge in [0, 0.05) is 6.04 Å². The molecule has 1 fully saturated rings. The number of hydrogen-bond donors (Lipinski definition) is 2. The van der Waals surface area contributed by atoms with E-state index in [0.29, 0.717) is 0 Å². The summed E-state index contributed by atoms with van der Waals surface area (Å²) < 4.78 is 31.9. The van der Waals surface area contributed by atoms with Crippen molar-refractivity contribution in [2.45, 2.75) is 31.7 Å². The van der Waals surface area contributed by atoms with Gasteiger partial charge in [0.25, 0.3) is 0 Å². The average molecular weight is 249 g/mol. The van der Waals surface area contributed by atoms with Crippen LogP contribution in [-0.2, 0) is 10.3 Å². The van der Waals surface area contributed by atoms with Crippen molar-refractivity contribution in [2.75, 3.05) is 11.5 Å². The first kappa shape index (κ1) is 15.2. The molecular formula is C7H16NNaO3S2. The minimum Gasteiger partial charge on any atom is -1.00 e. The van der Waals surface area contributed by atoms with E-state index in [1.807, 2.05) is 11.8 Å². The quantitative estimate of drug-likeness (QED) is 0.446. The van der Waals surface area contributed by atoms with Crippen molar-refractivity contribution < 1.29 is 44.0 Å². The second kappa shape index (κ2) is 7.49. The fourth-order valence-electron chi connectivity index (χ4n) is 1.44. The molecule has 0 aromatic rings. The van der Waals surface area contributed by atoms with Crippen molar-refractivity contribution in [3.05, 3.63) is 0 Å². The molecule has 80 valence electrons. The molecule has 0 saturated carbocycles. The monoisotopic (exact) mass is 249 g/mol. The molecule has 1 aliphatic rings. The molecule has 2 N–H and O–H groups in total. The zero-order valence-corrected chi connectivity index (χ0v) is 12.0. The van der Waals surface area contributed by atoms with Gasteiger partial charge < -0.3 is 1.43 Å². The van der Waals surface area contributed by atoms with Crippen LogP contribution in [0.2, 0.25) is 0 Å². The number of rotatable bonds is 2. The third-order valence-corrected chi connectivity index (χ3v) is 3.78. The van der Waals surface area contributed by atoms with E-state index in [2.05, 4.69) is 4.72 Å². The van der Waals surface area contributed by atoms with Crippen LogP contribution in [0.4, 0.5) is 0 Å². The summed E-state index contributed by atoms with van der Waals surface area (Å²) in [6.07, 6.45) is 3.68. The van der Waals surface area contributed by atoms with Gasteiger partial charge in [0.05, 0.1) is 0 Å². The Hall–Kier alpha value is 1.22. The van der Waals surface area contributed by atoms with Gasteiger partial charge in [-0.3, -0.25) is 4.55 Å². The smallest absolute Gasteiger partial charge is 1.00 e. The Morgan fingerprint density at radius 2 is 1.79 bits per heavy atom. The van der Waals surface area contributed by atoms with Crippen LogP contribution in [0.15, 0.2) is 0 Å². The SMILES string of the molecule is O=S(=O)(O)NC1CCCSCCC1.[H-].[Na+]. The molecule has 0 aromatic carbocycles. The maximum atomic E-state index is 10.5. The Morgan fingerprint density at radius 3 is 2.21 bits per heavy atom. The molecule has 7 heteroatoms. The van der Waals surface area contributed by atoms with Gasteiger partial charge in [-0.15, -0.1) is 0 Å². The minimum absolute atomic E-state index is 0. The normalized spacial score (nSPS) is 20.6. The van der Waals surface area contributed by atoms with Crippen LogP contribution < -0.4 is 34.3 Å². The first-order chi connectivity index (χ1) is 6.08. The molecule has 0 aromatic heterocycles. The molecule has 4 nitrogen and oxygen atoms in total. The van der Waals surface area contributed by atoms with Crippen molar-refractivity contribution >= 4 is 22.1 Å². The van der Waals surface area contributed by atoms with Crippen LogP contribution in [0.1, 0.15) is 27.1 Å². The van der Waals surface area contributed by atoms with E-state index in [-0.39, 0.29) is 37.0 Å². The predicted molar refractivity (Wildman–Crippen MR) is 55.4 cm³/mol. The van der Waals surface area contributed by atoms with Crippen LogP contribution in [0.3, 0.4) is 0 Å². The second-order valence-corrected chi connectivity index (χ2v) is 5.60. The molecule has 1 rings (SSSR count). The van der Waals surface area contributed by atoms with Gasteiger partial charge >= 0.3 is 39.9 Å². The van der Waals surface area contributed by atoms with Gasteiger partial charge in [0.2, 0.25) is 0 Å². The summed E-state index contributed by atoms with van der Waals surface area (Å²) in [5.74, 6) is 2.17. The van der Waals surface area contributed by atoms with Gasteiger partial charge in [-0.25, -0.2) is 0 Å². The maximum absolute atomic E-state index is 10.5. The second-order valence-electron chi connectivity index (χ2n) is 3.19. The standard InChI is InChI=1S/C7H15NO3S2.Na.H/c9-13(10,11)8-7-3-1-5-12-6-2-4-7;;/h7-8H,1-6H2,(H,9,10,11);;/q;+1;-1. The molecule has 1 saturated heterocycles. The van der Waals surface area contributed by atoms with Gasteiger partial charge in [-0.1, -0.05) is 0 Å². The Labute approximate surface area is 113 Å². The van der Waals surface area contributed by atoms with Gasteiger partial charge in [0.1, 0.15) is 0 Å². The Kier molecular flexibility index (Phi) is 8.14. The van der Waals surface area contributed by atoms with E-state index in [1.165, 1.54) is 0 Å². The maximum Gasteiger partial charge on any atom is 1.00 e. The van der Waals surface area contributed by atoms with Crippen molar-refractivity contribution in [1.29, 1.82) is 0 Å². The van der Waals surface area contributed by atoms with Crippen LogP contribution in [0, 0.1) is 0 Å². The van der Waals surface area contributed by atoms with Crippen molar-refractivity contribution in [1.82, 2.24) is 4.72 Å². The van der Waals surface area contributed by atoms with E-state index in [4.69, 9.17) is 4.55 Å². The fraction of sp³-hybridized carbons (Fsp3) is 1.00. The molecule has 0 unspecified atom stereocenters. The molecule has 0 amide bonds. The van der Waals surface area contributed by atoms with Crippen LogP contribution >= 0.6 is 11.8 Å². The molecule has 1 aliphatic heterocycles. The molecule has 0 atom stereocenters. The summed E-state index contributed by atoms with van der Waals surface area (Å²) in [5, 5.41) is 0. The van der Waals surface area contributed by atoms with Crippen LogP contribution in [0.25, 0.3) is 0 Å². The third-order valence-electron chi connectivity index (χ3n) is 2.00.